The van der Waals surface area contributed by atoms with Gasteiger partial charge in [-0.1, -0.05) is 12.1 Å². The Morgan fingerprint density at radius 2 is 1.90 bits per heavy atom. The van der Waals surface area contributed by atoms with Crippen LogP contribution in [0.2, 0.25) is 0 Å². The average molecular weight is 438 g/mol. The molecule has 0 spiro atoms. The number of nitrogens with one attached hydrogen (secondary N) is 1. The molecule has 0 bridgehead atoms. The molecule has 0 aliphatic rings. The fourth-order valence-corrected chi connectivity index (χ4v) is 2.58. The number of nitriles is 1. The summed E-state index contributed by atoms with van der Waals surface area (Å²) in [5, 5.41) is 21.5. The van der Waals surface area contributed by atoms with Crippen molar-refractivity contribution in [1.29, 1.82) is 5.26 Å². The number of carbonyl (C=O) groups excluding carboxylic acids is 1. The van der Waals surface area contributed by atoms with Gasteiger partial charge in [0.05, 0.1) is 31.5 Å². The second-order valence-electron chi connectivity index (χ2n) is 6.37. The molecule has 0 aliphatic heterocycles. The number of hydrogen-bond donors (Lipinski definition) is 2. The fraction of sp³-hybridized carbons (Fsp3) is 0.333. The van der Waals surface area contributed by atoms with Gasteiger partial charge in [0.2, 0.25) is 5.91 Å². The Labute approximate surface area is 177 Å². The molecule has 166 valence electrons. The summed E-state index contributed by atoms with van der Waals surface area (Å²) < 4.78 is 51.0. The lowest BCUT2D eigenvalue weighted by molar-refractivity contribution is -0.274. The fourth-order valence-electron chi connectivity index (χ4n) is 2.58. The molecule has 2 aromatic rings. The molecule has 31 heavy (non-hydrogen) atoms. The van der Waals surface area contributed by atoms with Crippen LogP contribution in [0.15, 0.2) is 42.5 Å². The zero-order chi connectivity index (χ0) is 22.9. The first-order valence-electron chi connectivity index (χ1n) is 9.23. The van der Waals surface area contributed by atoms with Crippen molar-refractivity contribution in [1.82, 2.24) is 5.32 Å². The van der Waals surface area contributed by atoms with E-state index in [1.807, 2.05) is 6.07 Å². The van der Waals surface area contributed by atoms with E-state index in [1.165, 1.54) is 19.2 Å². The van der Waals surface area contributed by atoms with Gasteiger partial charge in [0.25, 0.3) is 0 Å². The second kappa shape index (κ2) is 11.1. The topological polar surface area (TPSA) is 101 Å². The summed E-state index contributed by atoms with van der Waals surface area (Å²) in [7, 11) is 1.46. The van der Waals surface area contributed by atoms with E-state index in [0.717, 1.165) is 12.1 Å². The smallest absolute Gasteiger partial charge is 0.493 e. The molecule has 0 heterocycles. The number of aliphatic hydroxyl groups excluding tert-OH is 1. The van der Waals surface area contributed by atoms with E-state index in [0.29, 0.717) is 29.0 Å². The Hall–Kier alpha value is -3.45. The van der Waals surface area contributed by atoms with Crippen molar-refractivity contribution in [3.63, 3.8) is 0 Å². The highest BCUT2D eigenvalue weighted by molar-refractivity contribution is 5.75. The first kappa shape index (κ1) is 23.8. The molecule has 2 aromatic carbocycles. The standard InChI is InChI=1S/C21H21F3N2O5/c1-29-19-11-14(12-25)4-9-18(19)30-10-2-3-20(28)26-13-17(27)15-5-7-16(8-6-15)31-21(22,23)24/h4-9,11,17,27H,2-3,10,13H2,1H3,(H,26,28). The molecule has 0 saturated carbocycles. The number of halogens is 3. The van der Waals surface area contributed by atoms with Crippen molar-refractivity contribution < 1.29 is 37.3 Å². The van der Waals surface area contributed by atoms with E-state index in [4.69, 9.17) is 14.7 Å². The number of carbonyl (C=O) groups is 1. The number of ether oxygens (including phenoxy) is 3. The predicted molar refractivity (Wildman–Crippen MR) is 104 cm³/mol. The van der Waals surface area contributed by atoms with E-state index in [-0.39, 0.29) is 25.5 Å². The zero-order valence-electron chi connectivity index (χ0n) is 16.6. The lowest BCUT2D eigenvalue weighted by atomic mass is 10.1. The van der Waals surface area contributed by atoms with Crippen LogP contribution in [0, 0.1) is 11.3 Å². The van der Waals surface area contributed by atoms with Crippen molar-refractivity contribution in [3.8, 4) is 23.3 Å². The van der Waals surface area contributed by atoms with Gasteiger partial charge in [-0.05, 0) is 36.2 Å². The Morgan fingerprint density at radius 1 is 1.19 bits per heavy atom. The zero-order valence-corrected chi connectivity index (χ0v) is 16.6. The first-order chi connectivity index (χ1) is 14.7. The van der Waals surface area contributed by atoms with Crippen LogP contribution in [0.25, 0.3) is 0 Å². The van der Waals surface area contributed by atoms with Gasteiger partial charge >= 0.3 is 6.36 Å². The quantitative estimate of drug-likeness (QED) is 0.551. The average Bonchev–Trinajstić information content (AvgIpc) is 2.74. The van der Waals surface area contributed by atoms with Crippen LogP contribution in [0.4, 0.5) is 13.2 Å². The molecule has 1 amide bonds. The van der Waals surface area contributed by atoms with Gasteiger partial charge in [-0.25, -0.2) is 0 Å². The first-order valence-corrected chi connectivity index (χ1v) is 9.23. The van der Waals surface area contributed by atoms with Gasteiger partial charge in [-0.3, -0.25) is 4.79 Å². The number of nitrogens with zero attached hydrogens (tertiary/aromatic N) is 1. The third-order valence-electron chi connectivity index (χ3n) is 4.09. The maximum atomic E-state index is 12.2. The lowest BCUT2D eigenvalue weighted by Gasteiger charge is -2.14. The van der Waals surface area contributed by atoms with Crippen LogP contribution >= 0.6 is 0 Å². The van der Waals surface area contributed by atoms with Crippen molar-refractivity contribution in [2.45, 2.75) is 25.3 Å². The Morgan fingerprint density at radius 3 is 2.52 bits per heavy atom. The van der Waals surface area contributed by atoms with Gasteiger partial charge in [0.1, 0.15) is 5.75 Å². The Kier molecular flexibility index (Phi) is 8.52. The monoisotopic (exact) mass is 438 g/mol. The van der Waals surface area contributed by atoms with Crippen molar-refractivity contribution in [2.75, 3.05) is 20.3 Å². The molecule has 0 saturated heterocycles. The summed E-state index contributed by atoms with van der Waals surface area (Å²) in [5.41, 5.74) is 0.774. The number of aliphatic hydroxyl groups is 1. The number of hydrogen-bond acceptors (Lipinski definition) is 6. The normalized spacial score (nSPS) is 11.9. The van der Waals surface area contributed by atoms with E-state index < -0.39 is 18.2 Å². The second-order valence-corrected chi connectivity index (χ2v) is 6.37. The summed E-state index contributed by atoms with van der Waals surface area (Å²) in [6, 6.07) is 11.5. The largest absolute Gasteiger partial charge is 0.573 e. The molecule has 10 heteroatoms. The SMILES string of the molecule is COc1cc(C#N)ccc1OCCCC(=O)NCC(O)c1ccc(OC(F)(F)F)cc1. The van der Waals surface area contributed by atoms with Crippen LogP contribution in [-0.4, -0.2) is 37.6 Å². The number of amides is 1. The van der Waals surface area contributed by atoms with Gasteiger partial charge in [-0.2, -0.15) is 5.26 Å². The minimum absolute atomic E-state index is 0.0946. The molecule has 2 rings (SSSR count). The van der Waals surface area contributed by atoms with Crippen LogP contribution in [-0.2, 0) is 4.79 Å². The maximum absolute atomic E-state index is 12.2. The molecule has 2 N–H and O–H groups in total. The van der Waals surface area contributed by atoms with Crippen molar-refractivity contribution >= 4 is 5.91 Å². The Balaban J connectivity index is 1.72. The Bertz CT molecular complexity index is 911. The summed E-state index contributed by atoms with van der Waals surface area (Å²) in [5.74, 6) is 0.159. The molecule has 0 radical (unpaired) electrons. The van der Waals surface area contributed by atoms with Gasteiger partial charge in [0, 0.05) is 19.0 Å². The molecule has 7 nitrogen and oxygen atoms in total. The molecule has 0 fully saturated rings. The summed E-state index contributed by atoms with van der Waals surface area (Å²) >= 11 is 0. The minimum atomic E-state index is -4.79. The molecular weight excluding hydrogens is 417 g/mol. The number of alkyl halides is 3. The van der Waals surface area contributed by atoms with Crippen LogP contribution in [0.5, 0.6) is 17.2 Å². The number of rotatable bonds is 10. The highest BCUT2D eigenvalue weighted by Gasteiger charge is 2.31. The van der Waals surface area contributed by atoms with E-state index in [2.05, 4.69) is 10.1 Å². The highest BCUT2D eigenvalue weighted by Crippen LogP contribution is 2.28. The molecule has 0 aliphatic carbocycles. The van der Waals surface area contributed by atoms with E-state index in [1.54, 1.807) is 18.2 Å². The molecule has 0 aromatic heterocycles. The lowest BCUT2D eigenvalue weighted by Crippen LogP contribution is -2.28. The summed E-state index contributed by atoms with van der Waals surface area (Å²) in [6.45, 7) is 0.140. The number of benzene rings is 2. The minimum Gasteiger partial charge on any atom is -0.493 e. The molecule has 1 unspecified atom stereocenters. The van der Waals surface area contributed by atoms with Gasteiger partial charge < -0.3 is 24.6 Å². The molecular formula is C21H21F3N2O5. The summed E-state index contributed by atoms with van der Waals surface area (Å²) in [6.07, 6.45) is -5.33. The van der Waals surface area contributed by atoms with E-state index >= 15 is 0 Å². The van der Waals surface area contributed by atoms with Gasteiger partial charge in [0.15, 0.2) is 11.5 Å². The van der Waals surface area contributed by atoms with Gasteiger partial charge in [-0.15, -0.1) is 13.2 Å². The van der Waals surface area contributed by atoms with Crippen molar-refractivity contribution in [2.24, 2.45) is 0 Å². The predicted octanol–water partition coefficient (Wildman–Crippen LogP) is 3.47. The third kappa shape index (κ3) is 8.06. The molecule has 1 atom stereocenters. The highest BCUT2D eigenvalue weighted by atomic mass is 19.4. The van der Waals surface area contributed by atoms with E-state index in [9.17, 15) is 23.1 Å². The van der Waals surface area contributed by atoms with Crippen LogP contribution < -0.4 is 19.5 Å². The van der Waals surface area contributed by atoms with Crippen LogP contribution in [0.1, 0.15) is 30.1 Å². The third-order valence-corrected chi connectivity index (χ3v) is 4.09. The summed E-state index contributed by atoms with van der Waals surface area (Å²) in [4.78, 5) is 11.9. The maximum Gasteiger partial charge on any atom is 0.573 e. The number of methoxy groups -OCH3 is 1. The van der Waals surface area contributed by atoms with Crippen LogP contribution in [0.3, 0.4) is 0 Å². The van der Waals surface area contributed by atoms with Crippen molar-refractivity contribution in [3.05, 3.63) is 53.6 Å².